The van der Waals surface area contributed by atoms with Gasteiger partial charge in [0.05, 0.1) is 0 Å². The van der Waals surface area contributed by atoms with E-state index in [1.165, 1.54) is 51.0 Å². The van der Waals surface area contributed by atoms with Gasteiger partial charge in [-0.05, 0) is 12.8 Å². The van der Waals surface area contributed by atoms with Crippen molar-refractivity contribution in [3.8, 4) is 0 Å². The van der Waals surface area contributed by atoms with Crippen LogP contribution < -0.4 is 0 Å². The molecule has 0 atom stereocenters. The molecular formula is C21H32O2. The fraction of sp³-hybridized carbons (Fsp3) is 0.476. The summed E-state index contributed by atoms with van der Waals surface area (Å²) < 4.78 is 4.80. The van der Waals surface area contributed by atoms with Gasteiger partial charge in [-0.1, -0.05) is 101 Å². The fourth-order valence-electron chi connectivity index (χ4n) is 1.97. The van der Waals surface area contributed by atoms with Crippen LogP contribution in [0.1, 0.15) is 58.3 Å². The number of unbranched alkanes of at least 4 members (excludes halogenated alkanes) is 7. The molecule has 0 heterocycles. The minimum Gasteiger partial charge on any atom is -0.458 e. The third-order valence-electron chi connectivity index (χ3n) is 3.24. The quantitative estimate of drug-likeness (QED) is 0.128. The summed E-state index contributed by atoms with van der Waals surface area (Å²) >= 11 is 0. The van der Waals surface area contributed by atoms with Gasteiger partial charge in [-0.3, -0.25) is 0 Å². The molecule has 0 aliphatic carbocycles. The molecule has 0 unspecified atom stereocenters. The van der Waals surface area contributed by atoms with Crippen LogP contribution in [-0.2, 0) is 9.53 Å². The second-order valence-electron chi connectivity index (χ2n) is 5.39. The Labute approximate surface area is 142 Å². The van der Waals surface area contributed by atoms with Crippen LogP contribution in [0.3, 0.4) is 0 Å². The van der Waals surface area contributed by atoms with E-state index in [4.69, 9.17) is 4.74 Å². The van der Waals surface area contributed by atoms with E-state index in [1.807, 2.05) is 18.2 Å². The van der Waals surface area contributed by atoms with Gasteiger partial charge in [0.2, 0.25) is 0 Å². The summed E-state index contributed by atoms with van der Waals surface area (Å²) in [5, 5.41) is 0. The van der Waals surface area contributed by atoms with Gasteiger partial charge >= 0.3 is 5.97 Å². The lowest BCUT2D eigenvalue weighted by Gasteiger charge is -1.98. The maximum atomic E-state index is 11.1. The first-order valence-electron chi connectivity index (χ1n) is 8.75. The highest BCUT2D eigenvalue weighted by atomic mass is 16.5. The van der Waals surface area contributed by atoms with Crippen LogP contribution in [0.25, 0.3) is 0 Å². The van der Waals surface area contributed by atoms with Gasteiger partial charge in [0.1, 0.15) is 6.61 Å². The summed E-state index contributed by atoms with van der Waals surface area (Å²) in [7, 11) is 0. The highest BCUT2D eigenvalue weighted by Crippen LogP contribution is 2.08. The lowest BCUT2D eigenvalue weighted by molar-refractivity contribution is -0.136. The molecule has 0 aromatic rings. The topological polar surface area (TPSA) is 26.3 Å². The van der Waals surface area contributed by atoms with Crippen LogP contribution in [0.5, 0.6) is 0 Å². The van der Waals surface area contributed by atoms with E-state index >= 15 is 0 Å². The Morgan fingerprint density at radius 1 is 0.870 bits per heavy atom. The van der Waals surface area contributed by atoms with E-state index < -0.39 is 0 Å². The molecule has 0 amide bonds. The molecule has 0 aliphatic heterocycles. The minimum absolute atomic E-state index is 0.246. The molecule has 2 nitrogen and oxygen atoms in total. The Kier molecular flexibility index (Phi) is 16.8. The van der Waals surface area contributed by atoms with Crippen molar-refractivity contribution in [1.29, 1.82) is 0 Å². The number of hydrogen-bond donors (Lipinski definition) is 0. The molecule has 0 bridgehead atoms. The highest BCUT2D eigenvalue weighted by molar-refractivity contribution is 5.82. The van der Waals surface area contributed by atoms with Crippen molar-refractivity contribution in [3.63, 3.8) is 0 Å². The molecular weight excluding hydrogens is 284 g/mol. The molecule has 0 aromatic carbocycles. The predicted octanol–water partition coefficient (Wildman–Crippen LogP) is 6.08. The summed E-state index contributed by atoms with van der Waals surface area (Å²) in [6, 6.07) is 0. The van der Waals surface area contributed by atoms with E-state index in [1.54, 1.807) is 18.2 Å². The van der Waals surface area contributed by atoms with Gasteiger partial charge in [0.15, 0.2) is 0 Å². The molecule has 0 rings (SSSR count). The van der Waals surface area contributed by atoms with Crippen molar-refractivity contribution >= 4 is 5.97 Å². The third kappa shape index (κ3) is 18.1. The first-order valence-corrected chi connectivity index (χ1v) is 8.75. The summed E-state index contributed by atoms with van der Waals surface area (Å²) in [5.41, 5.74) is 0. The van der Waals surface area contributed by atoms with Crippen molar-refractivity contribution in [3.05, 3.63) is 61.3 Å². The van der Waals surface area contributed by atoms with Crippen LogP contribution >= 0.6 is 0 Å². The molecule has 0 radical (unpaired) electrons. The van der Waals surface area contributed by atoms with Crippen molar-refractivity contribution in [2.24, 2.45) is 0 Å². The van der Waals surface area contributed by atoms with E-state index in [0.29, 0.717) is 0 Å². The molecule has 0 aromatic heterocycles. The summed E-state index contributed by atoms with van der Waals surface area (Å²) in [6.07, 6.45) is 27.1. The van der Waals surface area contributed by atoms with Crippen LogP contribution in [0.15, 0.2) is 61.3 Å². The van der Waals surface area contributed by atoms with Crippen molar-refractivity contribution in [2.75, 3.05) is 6.61 Å². The van der Waals surface area contributed by atoms with Crippen LogP contribution in [0.4, 0.5) is 0 Å². The molecule has 0 saturated carbocycles. The summed E-state index contributed by atoms with van der Waals surface area (Å²) in [5.74, 6) is -0.354. The maximum Gasteiger partial charge on any atom is 0.331 e. The summed E-state index contributed by atoms with van der Waals surface area (Å²) in [6.45, 7) is 5.98. The van der Waals surface area contributed by atoms with Gasteiger partial charge in [0.25, 0.3) is 0 Å². The fourth-order valence-corrected chi connectivity index (χ4v) is 1.97. The molecule has 0 saturated heterocycles. The number of ether oxygens (including phenoxy) is 1. The van der Waals surface area contributed by atoms with Crippen molar-refractivity contribution in [1.82, 2.24) is 0 Å². The Morgan fingerprint density at radius 2 is 1.48 bits per heavy atom. The normalized spacial score (nSPS) is 12.0. The van der Waals surface area contributed by atoms with Crippen molar-refractivity contribution in [2.45, 2.75) is 58.3 Å². The second kappa shape index (κ2) is 18.2. The zero-order chi connectivity index (χ0) is 17.0. The maximum absolute atomic E-state index is 11.1. The van der Waals surface area contributed by atoms with Gasteiger partial charge in [-0.25, -0.2) is 4.79 Å². The van der Waals surface area contributed by atoms with Crippen LogP contribution in [-0.4, -0.2) is 12.6 Å². The second-order valence-corrected chi connectivity index (χ2v) is 5.39. The number of carbonyl (C=O) groups is 1. The molecule has 0 fully saturated rings. The average Bonchev–Trinajstić information content (AvgIpc) is 2.56. The van der Waals surface area contributed by atoms with Crippen LogP contribution in [0, 0.1) is 0 Å². The van der Waals surface area contributed by atoms with Gasteiger partial charge in [-0.2, -0.15) is 0 Å². The lowest BCUT2D eigenvalue weighted by Crippen LogP contribution is -1.99. The first kappa shape index (κ1) is 21.2. The molecule has 2 heteroatoms. The molecule has 0 N–H and O–H groups in total. The number of hydrogen-bond acceptors (Lipinski definition) is 2. The Morgan fingerprint density at radius 3 is 2.17 bits per heavy atom. The molecule has 128 valence electrons. The largest absolute Gasteiger partial charge is 0.458 e. The van der Waals surface area contributed by atoms with Gasteiger partial charge in [-0.15, -0.1) is 0 Å². The zero-order valence-electron chi connectivity index (χ0n) is 14.6. The third-order valence-corrected chi connectivity index (χ3v) is 3.24. The smallest absolute Gasteiger partial charge is 0.331 e. The molecule has 0 spiro atoms. The zero-order valence-corrected chi connectivity index (χ0v) is 14.6. The predicted molar refractivity (Wildman–Crippen MR) is 100 cm³/mol. The number of allylic oxidation sites excluding steroid dienone is 7. The number of carbonyl (C=O) groups excluding carboxylic acids is 1. The lowest BCUT2D eigenvalue weighted by atomic mass is 10.1. The number of rotatable bonds is 14. The van der Waals surface area contributed by atoms with E-state index in [2.05, 4.69) is 25.7 Å². The summed E-state index contributed by atoms with van der Waals surface area (Å²) in [4.78, 5) is 11.1. The minimum atomic E-state index is -0.354. The van der Waals surface area contributed by atoms with Gasteiger partial charge in [0, 0.05) is 6.08 Å². The number of esters is 1. The monoisotopic (exact) mass is 316 g/mol. The molecule has 23 heavy (non-hydrogen) atoms. The molecule has 0 aliphatic rings. The highest BCUT2D eigenvalue weighted by Gasteiger charge is 1.90. The van der Waals surface area contributed by atoms with Crippen molar-refractivity contribution < 1.29 is 9.53 Å². The van der Waals surface area contributed by atoms with E-state index in [0.717, 1.165) is 6.42 Å². The Bertz CT molecular complexity index is 400. The van der Waals surface area contributed by atoms with Gasteiger partial charge < -0.3 is 4.74 Å². The average molecular weight is 316 g/mol. The Hall–Kier alpha value is -1.83. The SMILES string of the molecule is C=CCOC(=O)/C=C/C=C/C=C/C=C/CCCCCCCCC. The Balaban J connectivity index is 3.54. The van der Waals surface area contributed by atoms with E-state index in [-0.39, 0.29) is 12.6 Å². The van der Waals surface area contributed by atoms with E-state index in [9.17, 15) is 4.79 Å². The standard InChI is InChI=1S/C21H32O2/c1-3-5-6-7-8-9-10-11-12-13-14-15-16-17-18-19-21(22)23-20-4-2/h4,12-19H,2-3,5-11,20H2,1H3/b13-12+,15-14+,17-16+,19-18+. The van der Waals surface area contributed by atoms with Crippen LogP contribution in [0.2, 0.25) is 0 Å². The first-order chi connectivity index (χ1) is 11.3.